The molecule has 0 atom stereocenters. The highest BCUT2D eigenvalue weighted by Crippen LogP contribution is 2.28. The summed E-state index contributed by atoms with van der Waals surface area (Å²) in [6.07, 6.45) is 0. The smallest absolute Gasteiger partial charge is 0.159 e. The number of hydrogen-bond acceptors (Lipinski definition) is 4. The van der Waals surface area contributed by atoms with Crippen molar-refractivity contribution >= 4 is 33.6 Å². The van der Waals surface area contributed by atoms with E-state index in [-0.39, 0.29) is 0 Å². The average Bonchev–Trinajstić information content (AvgIpc) is 2.81. The molecule has 3 aromatic rings. The molecule has 0 unspecified atom stereocenters. The Morgan fingerprint density at radius 3 is 2.58 bits per heavy atom. The Balaban J connectivity index is 2.26. The molecule has 0 N–H and O–H groups in total. The van der Waals surface area contributed by atoms with E-state index in [2.05, 4.69) is 60.5 Å². The molecule has 3 aromatic heterocycles. The summed E-state index contributed by atoms with van der Waals surface area (Å²) < 4.78 is 8.38. The maximum Gasteiger partial charge on any atom is 0.159 e. The number of aryl methyl sites for hydroxylation is 1. The first kappa shape index (κ1) is 17.3. The maximum absolute atomic E-state index is 5.36. The zero-order valence-electron chi connectivity index (χ0n) is 14.6. The number of methoxy groups -OCH3 is 1. The summed E-state index contributed by atoms with van der Waals surface area (Å²) in [7, 11) is 1.68. The molecule has 0 bridgehead atoms. The number of ether oxygens (including phenoxy) is 1. The van der Waals surface area contributed by atoms with Crippen LogP contribution in [0.5, 0.6) is 0 Å². The third-order valence-electron chi connectivity index (χ3n) is 4.08. The fraction of sp³-hybridized carbons (Fsp3) is 0.389. The van der Waals surface area contributed by atoms with Gasteiger partial charge in [0.15, 0.2) is 5.65 Å². The predicted molar refractivity (Wildman–Crippen MR) is 104 cm³/mol. The SMILES string of the molecule is COCc1nc2nc(C)ccc2cc1-n1nc(I)c(C(C)C)c1C. The molecule has 0 aromatic carbocycles. The second-order valence-corrected chi connectivity index (χ2v) is 7.26. The van der Waals surface area contributed by atoms with E-state index in [1.165, 1.54) is 5.56 Å². The van der Waals surface area contributed by atoms with Crippen molar-refractivity contribution < 1.29 is 4.74 Å². The van der Waals surface area contributed by atoms with Crippen LogP contribution in [0.2, 0.25) is 0 Å². The van der Waals surface area contributed by atoms with Crippen LogP contribution in [-0.2, 0) is 11.3 Å². The Hall–Kier alpha value is -1.54. The van der Waals surface area contributed by atoms with Crippen LogP contribution >= 0.6 is 22.6 Å². The first-order valence-electron chi connectivity index (χ1n) is 7.94. The summed E-state index contributed by atoms with van der Waals surface area (Å²) in [6.45, 7) is 8.89. The summed E-state index contributed by atoms with van der Waals surface area (Å²) in [5.41, 5.74) is 5.93. The van der Waals surface area contributed by atoms with Crippen molar-refractivity contribution in [2.45, 2.75) is 40.2 Å². The summed E-state index contributed by atoms with van der Waals surface area (Å²) >= 11 is 2.31. The van der Waals surface area contributed by atoms with Gasteiger partial charge >= 0.3 is 0 Å². The van der Waals surface area contributed by atoms with E-state index in [0.717, 1.165) is 37.5 Å². The molecule has 3 rings (SSSR count). The van der Waals surface area contributed by atoms with Gasteiger partial charge < -0.3 is 4.74 Å². The van der Waals surface area contributed by atoms with Gasteiger partial charge in [-0.15, -0.1) is 0 Å². The molecule has 0 aliphatic carbocycles. The Morgan fingerprint density at radius 1 is 1.21 bits per heavy atom. The van der Waals surface area contributed by atoms with Crippen molar-refractivity contribution in [3.8, 4) is 5.69 Å². The van der Waals surface area contributed by atoms with E-state index >= 15 is 0 Å². The first-order chi connectivity index (χ1) is 11.4. The van der Waals surface area contributed by atoms with Gasteiger partial charge in [-0.3, -0.25) is 0 Å². The van der Waals surface area contributed by atoms with Gasteiger partial charge in [0.1, 0.15) is 3.70 Å². The highest BCUT2D eigenvalue weighted by Gasteiger charge is 2.19. The Kier molecular flexibility index (Phi) is 4.87. The molecule has 0 saturated heterocycles. The first-order valence-corrected chi connectivity index (χ1v) is 9.01. The maximum atomic E-state index is 5.36. The highest BCUT2D eigenvalue weighted by atomic mass is 127. The number of fused-ring (bicyclic) bond motifs is 1. The van der Waals surface area contributed by atoms with E-state index in [1.54, 1.807) is 7.11 Å². The fourth-order valence-electron chi connectivity index (χ4n) is 2.97. The van der Waals surface area contributed by atoms with Crippen LogP contribution in [-0.4, -0.2) is 26.9 Å². The van der Waals surface area contributed by atoms with Gasteiger partial charge in [0.05, 0.1) is 18.0 Å². The van der Waals surface area contributed by atoms with E-state index in [1.807, 2.05) is 17.7 Å². The largest absolute Gasteiger partial charge is 0.378 e. The van der Waals surface area contributed by atoms with Gasteiger partial charge in [0.2, 0.25) is 0 Å². The van der Waals surface area contributed by atoms with Gasteiger partial charge in [0, 0.05) is 29.4 Å². The summed E-state index contributed by atoms with van der Waals surface area (Å²) in [5.74, 6) is 0.425. The van der Waals surface area contributed by atoms with E-state index in [9.17, 15) is 0 Å². The zero-order chi connectivity index (χ0) is 17.4. The van der Waals surface area contributed by atoms with Crippen molar-refractivity contribution in [3.63, 3.8) is 0 Å². The zero-order valence-corrected chi connectivity index (χ0v) is 16.7. The number of nitrogens with zero attached hydrogens (tertiary/aromatic N) is 4. The van der Waals surface area contributed by atoms with E-state index < -0.39 is 0 Å². The monoisotopic (exact) mass is 436 g/mol. The molecule has 0 spiro atoms. The van der Waals surface area contributed by atoms with E-state index in [4.69, 9.17) is 14.8 Å². The van der Waals surface area contributed by atoms with Crippen molar-refractivity contribution in [2.75, 3.05) is 7.11 Å². The minimum Gasteiger partial charge on any atom is -0.378 e. The number of hydrogen-bond donors (Lipinski definition) is 0. The van der Waals surface area contributed by atoms with Crippen LogP contribution in [0.1, 0.15) is 42.4 Å². The molecule has 126 valence electrons. The minimum atomic E-state index is 0.424. The molecule has 6 heteroatoms. The lowest BCUT2D eigenvalue weighted by molar-refractivity contribution is 0.181. The van der Waals surface area contributed by atoms with Crippen molar-refractivity contribution in [1.82, 2.24) is 19.7 Å². The molecule has 0 amide bonds. The third kappa shape index (κ3) is 3.04. The van der Waals surface area contributed by atoms with Crippen LogP contribution in [0.4, 0.5) is 0 Å². The molecule has 0 saturated carbocycles. The predicted octanol–water partition coefficient (Wildman–Crippen LogP) is 4.31. The molecule has 3 heterocycles. The quantitative estimate of drug-likeness (QED) is 0.573. The normalized spacial score (nSPS) is 11.6. The topological polar surface area (TPSA) is 52.8 Å². The van der Waals surface area contributed by atoms with Gasteiger partial charge in [-0.25, -0.2) is 14.6 Å². The Morgan fingerprint density at radius 2 is 1.96 bits per heavy atom. The molecule has 0 aliphatic heterocycles. The lowest BCUT2D eigenvalue weighted by Crippen LogP contribution is -2.08. The number of halogens is 1. The molecule has 0 radical (unpaired) electrons. The van der Waals surface area contributed by atoms with Gasteiger partial charge in [-0.1, -0.05) is 13.8 Å². The second kappa shape index (κ2) is 6.76. The molecular formula is C18H21IN4O. The standard InChI is InChI=1S/C18H21IN4O/c1-10(2)16-12(4)23(22-17(16)19)15-8-13-7-6-11(3)20-18(13)21-14(15)9-24-5/h6-8,10H,9H2,1-5H3. The Bertz CT molecular complexity index is 902. The minimum absolute atomic E-state index is 0.424. The molecule has 24 heavy (non-hydrogen) atoms. The summed E-state index contributed by atoms with van der Waals surface area (Å²) in [6, 6.07) is 6.16. The van der Waals surface area contributed by atoms with Crippen LogP contribution in [0, 0.1) is 17.5 Å². The van der Waals surface area contributed by atoms with Crippen LogP contribution < -0.4 is 0 Å². The van der Waals surface area contributed by atoms with Crippen LogP contribution in [0.15, 0.2) is 18.2 Å². The number of aromatic nitrogens is 4. The van der Waals surface area contributed by atoms with Crippen LogP contribution in [0.25, 0.3) is 16.7 Å². The van der Waals surface area contributed by atoms with Gasteiger partial charge in [-0.05, 0) is 60.6 Å². The lowest BCUT2D eigenvalue weighted by atomic mass is 10.1. The number of pyridine rings is 2. The Labute approximate surface area is 155 Å². The molecule has 0 fully saturated rings. The summed E-state index contributed by atoms with van der Waals surface area (Å²) in [5, 5.41) is 5.76. The van der Waals surface area contributed by atoms with Crippen molar-refractivity contribution in [1.29, 1.82) is 0 Å². The average molecular weight is 436 g/mol. The van der Waals surface area contributed by atoms with Crippen LogP contribution in [0.3, 0.4) is 0 Å². The fourth-order valence-corrected chi connectivity index (χ4v) is 4.20. The summed E-state index contributed by atoms with van der Waals surface area (Å²) in [4.78, 5) is 9.26. The van der Waals surface area contributed by atoms with Gasteiger partial charge in [-0.2, -0.15) is 5.10 Å². The highest BCUT2D eigenvalue weighted by molar-refractivity contribution is 14.1. The molecular weight excluding hydrogens is 415 g/mol. The number of rotatable bonds is 4. The lowest BCUT2D eigenvalue weighted by Gasteiger charge is -2.12. The molecule has 0 aliphatic rings. The molecule has 5 nitrogen and oxygen atoms in total. The van der Waals surface area contributed by atoms with E-state index in [0.29, 0.717) is 12.5 Å². The van der Waals surface area contributed by atoms with Crippen molar-refractivity contribution in [3.05, 3.63) is 44.5 Å². The van der Waals surface area contributed by atoms with Gasteiger partial charge in [0.25, 0.3) is 0 Å². The third-order valence-corrected chi connectivity index (χ3v) is 4.87. The second-order valence-electron chi connectivity index (χ2n) is 6.24. The van der Waals surface area contributed by atoms with Crippen molar-refractivity contribution in [2.24, 2.45) is 0 Å².